The third-order valence-corrected chi connectivity index (χ3v) is 4.94. The van der Waals surface area contributed by atoms with Crippen molar-refractivity contribution in [1.82, 2.24) is 15.1 Å². The Morgan fingerprint density at radius 2 is 2.08 bits per heavy atom. The van der Waals surface area contributed by atoms with Crippen molar-refractivity contribution in [1.29, 1.82) is 0 Å². The molecule has 3 N–H and O–H groups in total. The number of primary amides is 1. The van der Waals surface area contributed by atoms with E-state index >= 15 is 0 Å². The maximum absolute atomic E-state index is 12.9. The Kier molecular flexibility index (Phi) is 4.15. The van der Waals surface area contributed by atoms with Crippen LogP contribution >= 0.6 is 0 Å². The van der Waals surface area contributed by atoms with Gasteiger partial charge in [-0.25, -0.2) is 4.79 Å². The molecule has 4 amide bonds. The number of rotatable bonds is 4. The van der Waals surface area contributed by atoms with Crippen molar-refractivity contribution in [2.45, 2.75) is 31.5 Å². The van der Waals surface area contributed by atoms with Crippen LogP contribution in [0.25, 0.3) is 0 Å². The first kappa shape index (κ1) is 16.6. The lowest BCUT2D eigenvalue weighted by Crippen LogP contribution is -2.70. The van der Waals surface area contributed by atoms with Crippen molar-refractivity contribution < 1.29 is 23.9 Å². The van der Waals surface area contributed by atoms with Gasteiger partial charge in [-0.1, -0.05) is 6.07 Å². The average molecular weight is 360 g/mol. The van der Waals surface area contributed by atoms with Crippen LogP contribution < -0.4 is 20.5 Å². The Hall–Kier alpha value is -2.81. The number of nitrogens with one attached hydrogen (secondary N) is 1. The number of carbonyl (C=O) groups is 3. The molecule has 9 heteroatoms. The minimum absolute atomic E-state index is 0.0917. The van der Waals surface area contributed by atoms with Gasteiger partial charge < -0.3 is 25.4 Å². The lowest BCUT2D eigenvalue weighted by molar-refractivity contribution is -0.138. The van der Waals surface area contributed by atoms with Gasteiger partial charge in [-0.3, -0.25) is 14.5 Å². The van der Waals surface area contributed by atoms with Crippen molar-refractivity contribution in [3.8, 4) is 11.5 Å². The maximum Gasteiger partial charge on any atom is 0.327 e. The van der Waals surface area contributed by atoms with Crippen LogP contribution in [0.1, 0.15) is 18.4 Å². The Balaban J connectivity index is 1.60. The lowest BCUT2D eigenvalue weighted by atomic mass is 9.93. The Labute approximate surface area is 150 Å². The van der Waals surface area contributed by atoms with Gasteiger partial charge in [0.05, 0.1) is 12.6 Å². The number of carbonyl (C=O) groups excluding carboxylic acids is 3. The zero-order chi connectivity index (χ0) is 18.3. The second-order valence-electron chi connectivity index (χ2n) is 6.63. The molecule has 2 unspecified atom stereocenters. The SMILES string of the molecule is NC(=O)CN1C(=O)N(Cc2ccc3c(c2)OCO3)C(=O)C2NCCCC21. The third kappa shape index (κ3) is 2.84. The van der Waals surface area contributed by atoms with Crippen LogP contribution in [0.5, 0.6) is 11.5 Å². The van der Waals surface area contributed by atoms with Gasteiger partial charge >= 0.3 is 6.03 Å². The summed E-state index contributed by atoms with van der Waals surface area (Å²) in [5.41, 5.74) is 6.05. The summed E-state index contributed by atoms with van der Waals surface area (Å²) >= 11 is 0. The summed E-state index contributed by atoms with van der Waals surface area (Å²) in [6.07, 6.45) is 1.50. The molecule has 3 heterocycles. The van der Waals surface area contributed by atoms with Gasteiger partial charge in [-0.15, -0.1) is 0 Å². The van der Waals surface area contributed by atoms with Gasteiger partial charge in [0.1, 0.15) is 12.6 Å². The van der Waals surface area contributed by atoms with E-state index in [1.54, 1.807) is 18.2 Å². The number of ether oxygens (including phenoxy) is 2. The molecule has 0 aromatic heterocycles. The molecule has 0 saturated carbocycles. The summed E-state index contributed by atoms with van der Waals surface area (Å²) in [5.74, 6) is 0.342. The predicted octanol–water partition coefficient (Wildman–Crippen LogP) is -0.215. The number of benzene rings is 1. The summed E-state index contributed by atoms with van der Waals surface area (Å²) in [7, 11) is 0. The van der Waals surface area contributed by atoms with Crippen LogP contribution in [0.4, 0.5) is 4.79 Å². The highest BCUT2D eigenvalue weighted by atomic mass is 16.7. The quantitative estimate of drug-likeness (QED) is 0.768. The second-order valence-corrected chi connectivity index (χ2v) is 6.63. The lowest BCUT2D eigenvalue weighted by Gasteiger charge is -2.46. The number of fused-ring (bicyclic) bond motifs is 2. The van der Waals surface area contributed by atoms with E-state index < -0.39 is 18.0 Å². The molecule has 0 aliphatic carbocycles. The Morgan fingerprint density at radius 1 is 1.27 bits per heavy atom. The number of piperidine rings is 1. The van der Waals surface area contributed by atoms with Gasteiger partial charge in [-0.2, -0.15) is 0 Å². The highest BCUT2D eigenvalue weighted by Crippen LogP contribution is 2.33. The monoisotopic (exact) mass is 360 g/mol. The topological polar surface area (TPSA) is 114 Å². The maximum atomic E-state index is 12.9. The Morgan fingerprint density at radius 3 is 2.88 bits per heavy atom. The average Bonchev–Trinajstić information content (AvgIpc) is 3.10. The van der Waals surface area contributed by atoms with E-state index in [2.05, 4.69) is 5.32 Å². The van der Waals surface area contributed by atoms with Gasteiger partial charge in [0.15, 0.2) is 11.5 Å². The van der Waals surface area contributed by atoms with Crippen molar-refractivity contribution in [2.24, 2.45) is 5.73 Å². The molecule has 2 atom stereocenters. The largest absolute Gasteiger partial charge is 0.454 e. The molecule has 138 valence electrons. The molecule has 4 rings (SSSR count). The number of hydrogen-bond acceptors (Lipinski definition) is 6. The van der Waals surface area contributed by atoms with Crippen molar-refractivity contribution >= 4 is 17.8 Å². The third-order valence-electron chi connectivity index (χ3n) is 4.94. The predicted molar refractivity (Wildman–Crippen MR) is 89.2 cm³/mol. The number of nitrogens with two attached hydrogens (primary N) is 1. The van der Waals surface area contributed by atoms with Gasteiger partial charge in [0.25, 0.3) is 0 Å². The molecule has 0 spiro atoms. The first-order valence-electron chi connectivity index (χ1n) is 8.57. The number of nitrogens with zero attached hydrogens (tertiary/aromatic N) is 2. The summed E-state index contributed by atoms with van der Waals surface area (Å²) in [5, 5.41) is 3.17. The molecular formula is C17H20N4O5. The van der Waals surface area contributed by atoms with Gasteiger partial charge in [0, 0.05) is 0 Å². The first-order chi connectivity index (χ1) is 12.5. The standard InChI is InChI=1S/C17H20N4O5/c18-14(22)8-20-11-2-1-5-19-15(11)16(23)21(17(20)24)7-10-3-4-12-13(6-10)26-9-25-12/h3-4,6,11,15,19H,1-2,5,7-9H2,(H2,18,22). The highest BCUT2D eigenvalue weighted by Gasteiger charge is 2.47. The molecule has 2 fully saturated rings. The van der Waals surface area contributed by atoms with E-state index in [1.165, 1.54) is 9.80 Å². The van der Waals surface area contributed by atoms with Crippen LogP contribution in [0.2, 0.25) is 0 Å². The van der Waals surface area contributed by atoms with Crippen LogP contribution in [0.15, 0.2) is 18.2 Å². The zero-order valence-corrected chi connectivity index (χ0v) is 14.1. The normalized spacial score (nSPS) is 24.6. The Bertz CT molecular complexity index is 768. The minimum Gasteiger partial charge on any atom is -0.454 e. The molecular weight excluding hydrogens is 340 g/mol. The van der Waals surface area contributed by atoms with E-state index in [0.29, 0.717) is 24.5 Å². The summed E-state index contributed by atoms with van der Waals surface area (Å²) < 4.78 is 10.6. The van der Waals surface area contributed by atoms with Crippen molar-refractivity contribution in [3.05, 3.63) is 23.8 Å². The van der Waals surface area contributed by atoms with Crippen LogP contribution in [-0.4, -0.2) is 59.6 Å². The fourth-order valence-electron chi connectivity index (χ4n) is 3.74. The molecule has 1 aromatic rings. The van der Waals surface area contributed by atoms with Crippen LogP contribution in [0, 0.1) is 0 Å². The van der Waals surface area contributed by atoms with Gasteiger partial charge in [0.2, 0.25) is 18.6 Å². The molecule has 3 aliphatic heterocycles. The molecule has 3 aliphatic rings. The van der Waals surface area contributed by atoms with E-state index in [9.17, 15) is 14.4 Å². The summed E-state index contributed by atoms with van der Waals surface area (Å²) in [6.45, 7) is 0.741. The molecule has 26 heavy (non-hydrogen) atoms. The van der Waals surface area contributed by atoms with E-state index in [1.807, 2.05) is 0 Å². The summed E-state index contributed by atoms with van der Waals surface area (Å²) in [4.78, 5) is 39.8. The van der Waals surface area contributed by atoms with Crippen molar-refractivity contribution in [2.75, 3.05) is 19.9 Å². The number of hydrogen-bond donors (Lipinski definition) is 2. The second kappa shape index (κ2) is 6.49. The molecule has 0 bridgehead atoms. The molecule has 1 aromatic carbocycles. The fourth-order valence-corrected chi connectivity index (χ4v) is 3.74. The van der Waals surface area contributed by atoms with Crippen LogP contribution in [-0.2, 0) is 16.1 Å². The molecule has 2 saturated heterocycles. The van der Waals surface area contributed by atoms with E-state index in [-0.39, 0.29) is 31.8 Å². The first-order valence-corrected chi connectivity index (χ1v) is 8.57. The molecule has 0 radical (unpaired) electrons. The number of imide groups is 1. The van der Waals surface area contributed by atoms with Crippen LogP contribution in [0.3, 0.4) is 0 Å². The zero-order valence-electron chi connectivity index (χ0n) is 14.1. The van der Waals surface area contributed by atoms with E-state index in [0.717, 1.165) is 12.0 Å². The fraction of sp³-hybridized carbons (Fsp3) is 0.471. The number of urea groups is 1. The highest BCUT2D eigenvalue weighted by molar-refractivity contribution is 6.01. The van der Waals surface area contributed by atoms with Crippen molar-refractivity contribution in [3.63, 3.8) is 0 Å². The summed E-state index contributed by atoms with van der Waals surface area (Å²) in [6, 6.07) is 3.93. The molecule has 9 nitrogen and oxygen atoms in total. The van der Waals surface area contributed by atoms with Gasteiger partial charge in [-0.05, 0) is 37.1 Å². The number of amides is 4. The van der Waals surface area contributed by atoms with E-state index in [4.69, 9.17) is 15.2 Å². The minimum atomic E-state index is -0.597. The smallest absolute Gasteiger partial charge is 0.327 e.